The second kappa shape index (κ2) is 7.41. The molecule has 1 fully saturated rings. The van der Waals surface area contributed by atoms with E-state index in [1.54, 1.807) is 0 Å². The first-order chi connectivity index (χ1) is 10.4. The fraction of sp³-hybridized carbons (Fsp3) is 0.882. The standard InChI is InChI=1S/C17H32N2O4/c1-11-8-9-12(18-14(20)22-16(2,3)4)13(10-11)19-15(21)23-17(5,6)7/h11-13H,8-10H2,1-7H3,(H,18,20)(H,19,21)/t11?,12-,13+/m0/s1. The van der Waals surface area contributed by atoms with Crippen molar-refractivity contribution in [1.82, 2.24) is 10.6 Å². The van der Waals surface area contributed by atoms with Gasteiger partial charge in [-0.15, -0.1) is 0 Å². The number of hydrogen-bond acceptors (Lipinski definition) is 4. The van der Waals surface area contributed by atoms with Crippen LogP contribution in [0.1, 0.15) is 67.7 Å². The van der Waals surface area contributed by atoms with Gasteiger partial charge in [0.05, 0.1) is 12.1 Å². The molecule has 1 aliphatic rings. The Kier molecular flexibility index (Phi) is 6.31. The van der Waals surface area contributed by atoms with E-state index in [0.717, 1.165) is 19.3 Å². The number of ether oxygens (including phenoxy) is 2. The second-order valence-corrected chi connectivity index (χ2v) is 8.42. The minimum atomic E-state index is -0.543. The smallest absolute Gasteiger partial charge is 0.407 e. The van der Waals surface area contributed by atoms with Gasteiger partial charge in [-0.1, -0.05) is 6.92 Å². The highest BCUT2D eigenvalue weighted by Gasteiger charge is 2.33. The van der Waals surface area contributed by atoms with Gasteiger partial charge in [0, 0.05) is 0 Å². The van der Waals surface area contributed by atoms with Crippen LogP contribution in [-0.2, 0) is 9.47 Å². The van der Waals surface area contributed by atoms with Gasteiger partial charge in [-0.3, -0.25) is 0 Å². The number of carbonyl (C=O) groups excluding carboxylic acids is 2. The number of amides is 2. The highest BCUT2D eigenvalue weighted by Crippen LogP contribution is 2.25. The molecule has 0 aromatic carbocycles. The second-order valence-electron chi connectivity index (χ2n) is 8.42. The molecule has 0 bridgehead atoms. The average Bonchev–Trinajstić information content (AvgIpc) is 2.27. The topological polar surface area (TPSA) is 76.7 Å². The molecule has 23 heavy (non-hydrogen) atoms. The summed E-state index contributed by atoms with van der Waals surface area (Å²) in [7, 11) is 0. The molecule has 2 amide bonds. The molecule has 1 unspecified atom stereocenters. The van der Waals surface area contributed by atoms with Gasteiger partial charge in [0.1, 0.15) is 11.2 Å². The molecule has 0 saturated heterocycles. The lowest BCUT2D eigenvalue weighted by molar-refractivity contribution is 0.0393. The summed E-state index contributed by atoms with van der Waals surface area (Å²) < 4.78 is 10.6. The zero-order valence-corrected chi connectivity index (χ0v) is 15.5. The molecule has 1 saturated carbocycles. The molecule has 2 N–H and O–H groups in total. The van der Waals surface area contributed by atoms with Crippen molar-refractivity contribution >= 4 is 12.2 Å². The summed E-state index contributed by atoms with van der Waals surface area (Å²) in [6.07, 6.45) is 1.72. The molecule has 0 radical (unpaired) electrons. The Labute approximate surface area is 139 Å². The Balaban J connectivity index is 2.64. The quantitative estimate of drug-likeness (QED) is 0.812. The van der Waals surface area contributed by atoms with Crippen LogP contribution in [0.25, 0.3) is 0 Å². The minimum absolute atomic E-state index is 0.145. The van der Waals surface area contributed by atoms with Crippen LogP contribution in [0.5, 0.6) is 0 Å². The maximum absolute atomic E-state index is 12.0. The van der Waals surface area contributed by atoms with Gasteiger partial charge in [0.2, 0.25) is 0 Å². The molecule has 0 heterocycles. The fourth-order valence-corrected chi connectivity index (χ4v) is 2.63. The third kappa shape index (κ3) is 8.09. The van der Waals surface area contributed by atoms with Crippen molar-refractivity contribution < 1.29 is 19.1 Å². The largest absolute Gasteiger partial charge is 0.444 e. The highest BCUT2D eigenvalue weighted by molar-refractivity contribution is 5.70. The molecule has 0 spiro atoms. The van der Waals surface area contributed by atoms with Gasteiger partial charge in [0.25, 0.3) is 0 Å². The zero-order valence-electron chi connectivity index (χ0n) is 15.5. The van der Waals surface area contributed by atoms with E-state index in [0.29, 0.717) is 5.92 Å². The third-order valence-corrected chi connectivity index (χ3v) is 3.52. The molecule has 0 aromatic rings. The van der Waals surface area contributed by atoms with E-state index >= 15 is 0 Å². The van der Waals surface area contributed by atoms with E-state index in [9.17, 15) is 9.59 Å². The number of nitrogens with one attached hydrogen (secondary N) is 2. The number of hydrogen-bond donors (Lipinski definition) is 2. The van der Waals surface area contributed by atoms with E-state index in [-0.39, 0.29) is 12.1 Å². The van der Waals surface area contributed by atoms with Crippen LogP contribution in [0.15, 0.2) is 0 Å². The maximum atomic E-state index is 12.0. The molecule has 0 aromatic heterocycles. The molecule has 1 rings (SSSR count). The first kappa shape index (κ1) is 19.6. The molecule has 1 aliphatic carbocycles. The van der Waals surface area contributed by atoms with E-state index in [2.05, 4.69) is 17.6 Å². The third-order valence-electron chi connectivity index (χ3n) is 3.52. The summed E-state index contributed by atoms with van der Waals surface area (Å²) >= 11 is 0. The van der Waals surface area contributed by atoms with Crippen LogP contribution in [0.4, 0.5) is 9.59 Å². The number of alkyl carbamates (subject to hydrolysis) is 2. The van der Waals surface area contributed by atoms with E-state index in [1.807, 2.05) is 41.5 Å². The molecular formula is C17H32N2O4. The van der Waals surface area contributed by atoms with Gasteiger partial charge in [0.15, 0.2) is 0 Å². The van der Waals surface area contributed by atoms with Crippen molar-refractivity contribution in [3.05, 3.63) is 0 Å². The summed E-state index contributed by atoms with van der Waals surface area (Å²) in [6, 6.07) is -0.297. The van der Waals surface area contributed by atoms with E-state index in [4.69, 9.17) is 9.47 Å². The van der Waals surface area contributed by atoms with Gasteiger partial charge in [-0.2, -0.15) is 0 Å². The van der Waals surface area contributed by atoms with Crippen LogP contribution in [0, 0.1) is 5.92 Å². The van der Waals surface area contributed by atoms with Crippen LogP contribution < -0.4 is 10.6 Å². The molecule has 3 atom stereocenters. The molecular weight excluding hydrogens is 296 g/mol. The van der Waals surface area contributed by atoms with Crippen molar-refractivity contribution in [2.45, 2.75) is 91.0 Å². The summed E-state index contributed by atoms with van der Waals surface area (Å²) in [5.41, 5.74) is -1.08. The molecule has 6 heteroatoms. The predicted molar refractivity (Wildman–Crippen MR) is 89.3 cm³/mol. The van der Waals surface area contributed by atoms with Gasteiger partial charge < -0.3 is 20.1 Å². The minimum Gasteiger partial charge on any atom is -0.444 e. The summed E-state index contributed by atoms with van der Waals surface area (Å²) in [5, 5.41) is 5.78. The highest BCUT2D eigenvalue weighted by atomic mass is 16.6. The predicted octanol–water partition coefficient (Wildman–Crippen LogP) is 3.59. The Morgan fingerprint density at radius 3 is 1.70 bits per heavy atom. The Morgan fingerprint density at radius 1 is 0.826 bits per heavy atom. The normalized spacial score (nSPS) is 25.4. The number of rotatable bonds is 2. The molecule has 0 aliphatic heterocycles. The monoisotopic (exact) mass is 328 g/mol. The fourth-order valence-electron chi connectivity index (χ4n) is 2.63. The van der Waals surface area contributed by atoms with Crippen molar-refractivity contribution in [1.29, 1.82) is 0 Å². The van der Waals surface area contributed by atoms with Gasteiger partial charge in [-0.05, 0) is 66.7 Å². The van der Waals surface area contributed by atoms with Crippen LogP contribution in [0.3, 0.4) is 0 Å². The SMILES string of the molecule is CC1CC[C@H](NC(=O)OC(C)(C)C)[C@H](NC(=O)OC(C)(C)C)C1. The first-order valence-corrected chi connectivity index (χ1v) is 8.35. The van der Waals surface area contributed by atoms with Crippen molar-refractivity contribution in [3.63, 3.8) is 0 Å². The van der Waals surface area contributed by atoms with Crippen LogP contribution >= 0.6 is 0 Å². The summed E-state index contributed by atoms with van der Waals surface area (Å²) in [6.45, 7) is 13.1. The summed E-state index contributed by atoms with van der Waals surface area (Å²) in [4.78, 5) is 24.0. The zero-order chi connectivity index (χ0) is 17.8. The lowest BCUT2D eigenvalue weighted by atomic mass is 9.83. The lowest BCUT2D eigenvalue weighted by Crippen LogP contribution is -2.55. The Bertz CT molecular complexity index is 423. The first-order valence-electron chi connectivity index (χ1n) is 8.35. The maximum Gasteiger partial charge on any atom is 0.407 e. The molecule has 6 nitrogen and oxygen atoms in total. The van der Waals surface area contributed by atoms with E-state index in [1.165, 1.54) is 0 Å². The average molecular weight is 328 g/mol. The van der Waals surface area contributed by atoms with Crippen LogP contribution in [-0.4, -0.2) is 35.5 Å². The lowest BCUT2D eigenvalue weighted by Gasteiger charge is -2.36. The Morgan fingerprint density at radius 2 is 1.26 bits per heavy atom. The van der Waals surface area contributed by atoms with E-state index < -0.39 is 23.4 Å². The number of carbonyl (C=O) groups is 2. The Hall–Kier alpha value is -1.46. The van der Waals surface area contributed by atoms with Crippen molar-refractivity contribution in [2.24, 2.45) is 5.92 Å². The van der Waals surface area contributed by atoms with Crippen molar-refractivity contribution in [3.8, 4) is 0 Å². The van der Waals surface area contributed by atoms with Crippen molar-refractivity contribution in [2.75, 3.05) is 0 Å². The van der Waals surface area contributed by atoms with Crippen LogP contribution in [0.2, 0.25) is 0 Å². The molecule has 134 valence electrons. The van der Waals surface area contributed by atoms with Gasteiger partial charge in [-0.25, -0.2) is 9.59 Å². The summed E-state index contributed by atoms with van der Waals surface area (Å²) in [5.74, 6) is 0.492. The van der Waals surface area contributed by atoms with Gasteiger partial charge >= 0.3 is 12.2 Å².